The molecule has 1 saturated heterocycles. The molecule has 0 unspecified atom stereocenters. The van der Waals surface area contributed by atoms with E-state index >= 15 is 0 Å². The molecule has 138 valence electrons. The average Bonchev–Trinajstić information content (AvgIpc) is 2.89. The first-order valence-electron chi connectivity index (χ1n) is 9.54. The number of esters is 1. The van der Waals surface area contributed by atoms with Gasteiger partial charge >= 0.3 is 5.97 Å². The van der Waals surface area contributed by atoms with E-state index in [1.54, 1.807) is 0 Å². The number of rotatable bonds is 5. The number of fused-ring (bicyclic) bond motifs is 2. The number of carbonyl (C=O) groups is 1. The molecule has 0 aromatic heterocycles. The Morgan fingerprint density at radius 3 is 2.46 bits per heavy atom. The van der Waals surface area contributed by atoms with Crippen molar-refractivity contribution in [3.63, 3.8) is 0 Å². The van der Waals surface area contributed by atoms with Gasteiger partial charge in [-0.1, -0.05) is 20.8 Å². The van der Waals surface area contributed by atoms with E-state index in [0.717, 1.165) is 39.1 Å². The minimum atomic E-state index is -0.259. The predicted molar refractivity (Wildman–Crippen MR) is 93.5 cm³/mol. The molecule has 0 aromatic carbocycles. The summed E-state index contributed by atoms with van der Waals surface area (Å²) in [6.45, 7) is 13.1. The van der Waals surface area contributed by atoms with Crippen LogP contribution in [0.1, 0.15) is 47.0 Å². The summed E-state index contributed by atoms with van der Waals surface area (Å²) < 4.78 is 11.1. The van der Waals surface area contributed by atoms with Crippen LogP contribution in [0.2, 0.25) is 0 Å². The highest BCUT2D eigenvalue weighted by Crippen LogP contribution is 2.72. The lowest BCUT2D eigenvalue weighted by Crippen LogP contribution is -2.68. The van der Waals surface area contributed by atoms with Crippen LogP contribution in [0.4, 0.5) is 0 Å². The maximum absolute atomic E-state index is 12.9. The first-order chi connectivity index (χ1) is 11.3. The van der Waals surface area contributed by atoms with Gasteiger partial charge in [0.05, 0.1) is 25.7 Å². The number of carbonyl (C=O) groups excluding carboxylic acids is 1. The molecule has 3 fully saturated rings. The van der Waals surface area contributed by atoms with Crippen LogP contribution in [0.25, 0.3) is 0 Å². The molecule has 4 atom stereocenters. The molecule has 0 amide bonds. The van der Waals surface area contributed by atoms with E-state index in [1.165, 1.54) is 6.42 Å². The zero-order valence-corrected chi connectivity index (χ0v) is 15.8. The van der Waals surface area contributed by atoms with Crippen LogP contribution in [-0.4, -0.2) is 55.9 Å². The lowest BCUT2D eigenvalue weighted by Gasteiger charge is -2.58. The van der Waals surface area contributed by atoms with E-state index in [1.807, 2.05) is 6.92 Å². The highest BCUT2D eigenvalue weighted by molar-refractivity contribution is 5.75. The monoisotopic (exact) mass is 338 g/mol. The minimum absolute atomic E-state index is 0.0683. The Labute approximate surface area is 146 Å². The van der Waals surface area contributed by atoms with Gasteiger partial charge in [0, 0.05) is 25.2 Å². The highest BCUT2D eigenvalue weighted by Gasteiger charge is 2.73. The number of hydrogen-bond acceptors (Lipinski definition) is 5. The zero-order chi connectivity index (χ0) is 17.6. The second kappa shape index (κ2) is 6.26. The van der Waals surface area contributed by atoms with Gasteiger partial charge < -0.3 is 15.2 Å². The van der Waals surface area contributed by atoms with Crippen molar-refractivity contribution in [2.24, 2.45) is 28.4 Å². The van der Waals surface area contributed by atoms with Gasteiger partial charge in [0.15, 0.2) is 0 Å². The average molecular weight is 338 g/mol. The standard InChI is InChI=1S/C19H34N2O3/c1-5-24-16(22)15(13-20)19(21-8-10-23-11-9-21)12-14-6-7-18(19,4)17(14,2)3/h14-15H,5-13,20H2,1-4H3/t14-,15-,18-,19+/m0/s1. The van der Waals surface area contributed by atoms with Gasteiger partial charge in [-0.05, 0) is 42.9 Å². The van der Waals surface area contributed by atoms with E-state index < -0.39 is 0 Å². The van der Waals surface area contributed by atoms with Crippen LogP contribution >= 0.6 is 0 Å². The summed E-state index contributed by atoms with van der Waals surface area (Å²) in [4.78, 5) is 15.4. The highest BCUT2D eigenvalue weighted by atomic mass is 16.5. The molecule has 1 heterocycles. The first-order valence-corrected chi connectivity index (χ1v) is 9.54. The van der Waals surface area contributed by atoms with Crippen molar-refractivity contribution in [3.8, 4) is 0 Å². The van der Waals surface area contributed by atoms with Crippen LogP contribution < -0.4 is 5.73 Å². The number of morpholine rings is 1. The quantitative estimate of drug-likeness (QED) is 0.777. The Morgan fingerprint density at radius 1 is 1.33 bits per heavy atom. The first kappa shape index (κ1) is 18.2. The van der Waals surface area contributed by atoms with Crippen molar-refractivity contribution in [1.82, 2.24) is 4.90 Å². The second-order valence-corrected chi connectivity index (χ2v) is 8.56. The molecule has 2 N–H and O–H groups in total. The van der Waals surface area contributed by atoms with E-state index in [-0.39, 0.29) is 28.3 Å². The molecule has 3 rings (SSSR count). The Balaban J connectivity index is 2.07. The van der Waals surface area contributed by atoms with Gasteiger partial charge in [0.25, 0.3) is 0 Å². The molecule has 0 spiro atoms. The summed E-state index contributed by atoms with van der Waals surface area (Å²) in [5.41, 5.74) is 6.27. The smallest absolute Gasteiger partial charge is 0.312 e. The SMILES string of the molecule is CCOC(=O)[C@H](CN)[C@]1(N2CCOCC2)C[C@@H]2CC[C@@]1(C)C2(C)C. The molecule has 2 bridgehead atoms. The fourth-order valence-corrected chi connectivity index (χ4v) is 6.25. The number of nitrogens with two attached hydrogens (primary N) is 1. The molecular formula is C19H34N2O3. The molecule has 24 heavy (non-hydrogen) atoms. The van der Waals surface area contributed by atoms with Crippen LogP contribution in [0.15, 0.2) is 0 Å². The van der Waals surface area contributed by atoms with Crippen LogP contribution in [0.3, 0.4) is 0 Å². The van der Waals surface area contributed by atoms with Crippen molar-refractivity contribution < 1.29 is 14.3 Å². The second-order valence-electron chi connectivity index (χ2n) is 8.56. The third-order valence-electron chi connectivity index (χ3n) is 7.91. The van der Waals surface area contributed by atoms with Gasteiger partial charge in [-0.2, -0.15) is 0 Å². The molecule has 3 aliphatic rings. The normalized spacial score (nSPS) is 39.8. The Hall–Kier alpha value is -0.650. The van der Waals surface area contributed by atoms with Crippen molar-refractivity contribution >= 4 is 5.97 Å². The van der Waals surface area contributed by atoms with Gasteiger partial charge in [-0.25, -0.2) is 0 Å². The summed E-state index contributed by atoms with van der Waals surface area (Å²) in [6, 6.07) is 0. The molecule has 5 nitrogen and oxygen atoms in total. The third kappa shape index (κ3) is 2.20. The van der Waals surface area contributed by atoms with Crippen molar-refractivity contribution in [3.05, 3.63) is 0 Å². The Bertz CT molecular complexity index is 489. The van der Waals surface area contributed by atoms with Crippen LogP contribution in [0.5, 0.6) is 0 Å². The molecule has 2 saturated carbocycles. The van der Waals surface area contributed by atoms with Crippen LogP contribution in [0, 0.1) is 22.7 Å². The van der Waals surface area contributed by atoms with Crippen molar-refractivity contribution in [2.75, 3.05) is 39.5 Å². The zero-order valence-electron chi connectivity index (χ0n) is 15.8. The molecule has 2 aliphatic carbocycles. The Kier molecular flexibility index (Phi) is 4.73. The molecule has 5 heteroatoms. The van der Waals surface area contributed by atoms with E-state index in [4.69, 9.17) is 15.2 Å². The largest absolute Gasteiger partial charge is 0.466 e. The molecule has 0 radical (unpaired) electrons. The number of ether oxygens (including phenoxy) is 2. The summed E-state index contributed by atoms with van der Waals surface area (Å²) in [7, 11) is 0. The topological polar surface area (TPSA) is 64.8 Å². The number of nitrogens with zero attached hydrogens (tertiary/aromatic N) is 1. The Morgan fingerprint density at radius 2 is 2.00 bits per heavy atom. The predicted octanol–water partition coefficient (Wildman–Crippen LogP) is 2.04. The fourth-order valence-electron chi connectivity index (χ4n) is 6.25. The van der Waals surface area contributed by atoms with Gasteiger partial charge in [-0.15, -0.1) is 0 Å². The molecule has 1 aliphatic heterocycles. The van der Waals surface area contributed by atoms with Crippen molar-refractivity contribution in [1.29, 1.82) is 0 Å². The summed E-state index contributed by atoms with van der Waals surface area (Å²) in [5, 5.41) is 0. The number of hydrogen-bond donors (Lipinski definition) is 1. The third-order valence-corrected chi connectivity index (χ3v) is 7.91. The maximum Gasteiger partial charge on any atom is 0.312 e. The van der Waals surface area contributed by atoms with Crippen molar-refractivity contribution in [2.45, 2.75) is 52.5 Å². The fraction of sp³-hybridized carbons (Fsp3) is 0.947. The molecule has 0 aromatic rings. The van der Waals surface area contributed by atoms with E-state index in [2.05, 4.69) is 25.7 Å². The summed E-state index contributed by atoms with van der Waals surface area (Å²) in [6.07, 6.45) is 3.48. The van der Waals surface area contributed by atoms with Crippen LogP contribution in [-0.2, 0) is 14.3 Å². The minimum Gasteiger partial charge on any atom is -0.466 e. The van der Waals surface area contributed by atoms with Gasteiger partial charge in [0.1, 0.15) is 0 Å². The summed E-state index contributed by atoms with van der Waals surface area (Å²) >= 11 is 0. The molecular weight excluding hydrogens is 304 g/mol. The van der Waals surface area contributed by atoms with E-state index in [9.17, 15) is 4.79 Å². The summed E-state index contributed by atoms with van der Waals surface area (Å²) in [5.74, 6) is 0.273. The van der Waals surface area contributed by atoms with Gasteiger partial charge in [0.2, 0.25) is 0 Å². The van der Waals surface area contributed by atoms with Gasteiger partial charge in [-0.3, -0.25) is 9.69 Å². The lowest BCUT2D eigenvalue weighted by molar-refractivity contribution is -0.168. The van der Waals surface area contributed by atoms with E-state index in [0.29, 0.717) is 19.1 Å². The lowest BCUT2D eigenvalue weighted by atomic mass is 9.57. The maximum atomic E-state index is 12.9.